The highest BCUT2D eigenvalue weighted by molar-refractivity contribution is 5.81. The summed E-state index contributed by atoms with van der Waals surface area (Å²) in [5, 5.41) is 15.4. The normalized spacial score (nSPS) is 17.7. The van der Waals surface area contributed by atoms with E-state index in [1.807, 2.05) is 0 Å². The van der Waals surface area contributed by atoms with Gasteiger partial charge in [0.05, 0.1) is 0 Å². The standard InChI is InChI=1S/C14H20N2O3/c1-10(19-13-4-2-12(17)3-5-13)14(18)16-11-6-8-15-9-7-11/h2-5,10-11,15,17H,6-9H2,1H3,(H,16,18). The average Bonchev–Trinajstić information content (AvgIpc) is 2.42. The van der Waals surface area contributed by atoms with Crippen LogP contribution < -0.4 is 15.4 Å². The Morgan fingerprint density at radius 2 is 2.00 bits per heavy atom. The van der Waals surface area contributed by atoms with Crippen molar-refractivity contribution < 1.29 is 14.6 Å². The van der Waals surface area contributed by atoms with Crippen LogP contribution >= 0.6 is 0 Å². The molecule has 0 radical (unpaired) electrons. The first-order valence-electron chi connectivity index (χ1n) is 6.62. The number of hydrogen-bond donors (Lipinski definition) is 3. The van der Waals surface area contributed by atoms with E-state index in [0.29, 0.717) is 5.75 Å². The van der Waals surface area contributed by atoms with E-state index in [9.17, 15) is 9.90 Å². The van der Waals surface area contributed by atoms with Crippen molar-refractivity contribution in [2.45, 2.75) is 31.9 Å². The van der Waals surface area contributed by atoms with Crippen LogP contribution in [0.25, 0.3) is 0 Å². The monoisotopic (exact) mass is 264 g/mol. The van der Waals surface area contributed by atoms with Gasteiger partial charge >= 0.3 is 0 Å². The third-order valence-corrected chi connectivity index (χ3v) is 3.20. The number of carbonyl (C=O) groups is 1. The van der Waals surface area contributed by atoms with Crippen molar-refractivity contribution >= 4 is 5.91 Å². The van der Waals surface area contributed by atoms with Gasteiger partial charge in [-0.2, -0.15) is 0 Å². The van der Waals surface area contributed by atoms with Gasteiger partial charge in [0, 0.05) is 6.04 Å². The largest absolute Gasteiger partial charge is 0.508 e. The smallest absolute Gasteiger partial charge is 0.260 e. The maximum Gasteiger partial charge on any atom is 0.260 e. The number of benzene rings is 1. The summed E-state index contributed by atoms with van der Waals surface area (Å²) in [6.45, 7) is 3.61. The van der Waals surface area contributed by atoms with Crippen molar-refractivity contribution in [3.05, 3.63) is 24.3 Å². The number of carbonyl (C=O) groups excluding carboxylic acids is 1. The van der Waals surface area contributed by atoms with Crippen molar-refractivity contribution in [2.75, 3.05) is 13.1 Å². The molecule has 1 aromatic carbocycles. The Morgan fingerprint density at radius 3 is 2.63 bits per heavy atom. The number of hydrogen-bond acceptors (Lipinski definition) is 4. The van der Waals surface area contributed by atoms with E-state index in [-0.39, 0.29) is 17.7 Å². The summed E-state index contributed by atoms with van der Waals surface area (Å²) < 4.78 is 5.53. The number of aromatic hydroxyl groups is 1. The Morgan fingerprint density at radius 1 is 1.37 bits per heavy atom. The van der Waals surface area contributed by atoms with Gasteiger partial charge < -0.3 is 20.5 Å². The van der Waals surface area contributed by atoms with Crippen molar-refractivity contribution in [1.82, 2.24) is 10.6 Å². The number of piperidine rings is 1. The third-order valence-electron chi connectivity index (χ3n) is 3.20. The Kier molecular flexibility index (Phi) is 4.63. The highest BCUT2D eigenvalue weighted by Crippen LogP contribution is 2.17. The fourth-order valence-electron chi connectivity index (χ4n) is 2.07. The van der Waals surface area contributed by atoms with Crippen molar-refractivity contribution in [3.63, 3.8) is 0 Å². The predicted molar refractivity (Wildman–Crippen MR) is 72.2 cm³/mol. The van der Waals surface area contributed by atoms with Crippen molar-refractivity contribution in [3.8, 4) is 11.5 Å². The van der Waals surface area contributed by atoms with E-state index < -0.39 is 6.10 Å². The molecule has 1 heterocycles. The highest BCUT2D eigenvalue weighted by atomic mass is 16.5. The molecule has 1 saturated heterocycles. The minimum absolute atomic E-state index is 0.0972. The van der Waals surface area contributed by atoms with E-state index in [1.54, 1.807) is 19.1 Å². The quantitative estimate of drug-likeness (QED) is 0.759. The Labute approximate surface area is 113 Å². The van der Waals surface area contributed by atoms with Gasteiger partial charge in [0.1, 0.15) is 11.5 Å². The molecule has 0 aromatic heterocycles. The topological polar surface area (TPSA) is 70.6 Å². The van der Waals surface area contributed by atoms with Crippen molar-refractivity contribution in [1.29, 1.82) is 0 Å². The molecular weight excluding hydrogens is 244 g/mol. The molecule has 0 bridgehead atoms. The second-order valence-electron chi connectivity index (χ2n) is 4.79. The first-order chi connectivity index (χ1) is 9.15. The number of rotatable bonds is 4. The van der Waals surface area contributed by atoms with Crippen LogP contribution in [0.2, 0.25) is 0 Å². The lowest BCUT2D eigenvalue weighted by atomic mass is 10.1. The summed E-state index contributed by atoms with van der Waals surface area (Å²) in [4.78, 5) is 12.0. The van der Waals surface area contributed by atoms with Gasteiger partial charge in [-0.25, -0.2) is 0 Å². The highest BCUT2D eigenvalue weighted by Gasteiger charge is 2.20. The molecule has 3 N–H and O–H groups in total. The molecule has 0 spiro atoms. The fourth-order valence-corrected chi connectivity index (χ4v) is 2.07. The minimum atomic E-state index is -0.542. The molecule has 104 valence electrons. The predicted octanol–water partition coefficient (Wildman–Crippen LogP) is 1.03. The zero-order valence-electron chi connectivity index (χ0n) is 11.1. The van der Waals surface area contributed by atoms with Gasteiger partial charge in [0.25, 0.3) is 5.91 Å². The Bertz CT molecular complexity index is 413. The molecular formula is C14H20N2O3. The molecule has 1 unspecified atom stereocenters. The van der Waals surface area contributed by atoms with Gasteiger partial charge in [0.15, 0.2) is 6.10 Å². The first-order valence-corrected chi connectivity index (χ1v) is 6.62. The molecule has 1 amide bonds. The molecule has 1 aromatic rings. The number of phenols is 1. The van der Waals surface area contributed by atoms with Crippen LogP contribution in [-0.4, -0.2) is 36.2 Å². The second-order valence-corrected chi connectivity index (χ2v) is 4.79. The summed E-state index contributed by atoms with van der Waals surface area (Å²) in [5.41, 5.74) is 0. The zero-order chi connectivity index (χ0) is 13.7. The molecule has 2 rings (SSSR count). The maximum absolute atomic E-state index is 12.0. The van der Waals surface area contributed by atoms with Crippen LogP contribution in [0, 0.1) is 0 Å². The fraction of sp³-hybridized carbons (Fsp3) is 0.500. The molecule has 0 saturated carbocycles. The molecule has 0 aliphatic carbocycles. The SMILES string of the molecule is CC(Oc1ccc(O)cc1)C(=O)NC1CCNCC1. The lowest BCUT2D eigenvalue weighted by Crippen LogP contribution is -2.46. The van der Waals surface area contributed by atoms with Crippen LogP contribution in [0.1, 0.15) is 19.8 Å². The first kappa shape index (κ1) is 13.7. The molecule has 1 aliphatic rings. The van der Waals surface area contributed by atoms with Gasteiger partial charge in [-0.15, -0.1) is 0 Å². The molecule has 1 aliphatic heterocycles. The number of nitrogens with one attached hydrogen (secondary N) is 2. The average molecular weight is 264 g/mol. The molecule has 1 atom stereocenters. The van der Waals surface area contributed by atoms with Crippen LogP contribution in [0.15, 0.2) is 24.3 Å². The van der Waals surface area contributed by atoms with Crippen LogP contribution in [0.4, 0.5) is 0 Å². The van der Waals surface area contributed by atoms with Crippen molar-refractivity contribution in [2.24, 2.45) is 0 Å². The summed E-state index contributed by atoms with van der Waals surface area (Å²) in [7, 11) is 0. The summed E-state index contributed by atoms with van der Waals surface area (Å²) in [6, 6.07) is 6.59. The van der Waals surface area contributed by atoms with Crippen LogP contribution in [0.3, 0.4) is 0 Å². The van der Waals surface area contributed by atoms with Crippen LogP contribution in [-0.2, 0) is 4.79 Å². The summed E-state index contributed by atoms with van der Waals surface area (Å²) in [5.74, 6) is 0.657. The van der Waals surface area contributed by atoms with Crippen LogP contribution in [0.5, 0.6) is 11.5 Å². The van der Waals surface area contributed by atoms with Gasteiger partial charge in [-0.1, -0.05) is 0 Å². The lowest BCUT2D eigenvalue weighted by Gasteiger charge is -2.25. The molecule has 1 fully saturated rings. The number of amides is 1. The Hall–Kier alpha value is -1.75. The lowest BCUT2D eigenvalue weighted by molar-refractivity contribution is -0.128. The van der Waals surface area contributed by atoms with E-state index in [4.69, 9.17) is 4.74 Å². The zero-order valence-corrected chi connectivity index (χ0v) is 11.1. The third kappa shape index (κ3) is 4.13. The minimum Gasteiger partial charge on any atom is -0.508 e. The number of phenolic OH excluding ortho intramolecular Hbond substituents is 1. The maximum atomic E-state index is 12.0. The molecule has 5 heteroatoms. The van der Waals surface area contributed by atoms with E-state index in [2.05, 4.69) is 10.6 Å². The Balaban J connectivity index is 1.83. The van der Waals surface area contributed by atoms with E-state index >= 15 is 0 Å². The number of ether oxygens (including phenoxy) is 1. The second kappa shape index (κ2) is 6.43. The summed E-state index contributed by atoms with van der Waals surface area (Å²) in [6.07, 6.45) is 1.37. The molecule has 19 heavy (non-hydrogen) atoms. The van der Waals surface area contributed by atoms with Gasteiger partial charge in [-0.05, 0) is 57.1 Å². The van der Waals surface area contributed by atoms with E-state index in [1.165, 1.54) is 12.1 Å². The van der Waals surface area contributed by atoms with Gasteiger partial charge in [0.2, 0.25) is 0 Å². The van der Waals surface area contributed by atoms with Gasteiger partial charge in [-0.3, -0.25) is 4.79 Å². The summed E-state index contributed by atoms with van der Waals surface area (Å²) >= 11 is 0. The molecule has 5 nitrogen and oxygen atoms in total. The van der Waals surface area contributed by atoms with E-state index in [0.717, 1.165) is 25.9 Å².